The van der Waals surface area contributed by atoms with Crippen molar-refractivity contribution in [3.05, 3.63) is 46.0 Å². The predicted octanol–water partition coefficient (Wildman–Crippen LogP) is 2.47. The van der Waals surface area contributed by atoms with E-state index in [0.29, 0.717) is 18.8 Å². The highest BCUT2D eigenvalue weighted by Gasteiger charge is 2.57. The van der Waals surface area contributed by atoms with Crippen LogP contribution in [0.1, 0.15) is 27.4 Å². The highest BCUT2D eigenvalue weighted by Crippen LogP contribution is 2.47. The number of carbonyl (C=O) groups excluding carboxylic acids is 2. The van der Waals surface area contributed by atoms with Gasteiger partial charge >= 0.3 is 0 Å². The quantitative estimate of drug-likeness (QED) is 0.906. The Morgan fingerprint density at radius 3 is 3.00 bits per heavy atom. The zero-order valence-electron chi connectivity index (χ0n) is 13.5. The first-order chi connectivity index (χ1) is 11.6. The molecule has 6 heteroatoms. The Balaban J connectivity index is 1.34. The van der Waals surface area contributed by atoms with Gasteiger partial charge in [-0.15, -0.1) is 11.3 Å². The van der Waals surface area contributed by atoms with Gasteiger partial charge in [0.25, 0.3) is 5.91 Å². The SMILES string of the molecule is Cc1ccoc1C(=O)N1C[C@H]2C[C@@H]1C2C(=O)NCCc1cccs1. The van der Waals surface area contributed by atoms with Crippen LogP contribution in [-0.2, 0) is 11.2 Å². The number of nitrogens with zero attached hydrogens (tertiary/aromatic N) is 1. The van der Waals surface area contributed by atoms with E-state index in [4.69, 9.17) is 4.42 Å². The molecular formula is C18H20N2O3S. The summed E-state index contributed by atoms with van der Waals surface area (Å²) in [5.74, 6) is 0.626. The Bertz CT molecular complexity index is 752. The van der Waals surface area contributed by atoms with Gasteiger partial charge in [0.15, 0.2) is 5.76 Å². The maximum atomic E-state index is 12.6. The third-order valence-corrected chi connectivity index (χ3v) is 6.11. The summed E-state index contributed by atoms with van der Waals surface area (Å²) in [6, 6.07) is 5.92. The molecule has 5 rings (SSSR count). The molecule has 2 aliphatic heterocycles. The summed E-state index contributed by atoms with van der Waals surface area (Å²) in [7, 11) is 0. The lowest BCUT2D eigenvalue weighted by Gasteiger charge is -2.35. The largest absolute Gasteiger partial charge is 0.459 e. The Hall–Kier alpha value is -2.08. The van der Waals surface area contributed by atoms with E-state index in [-0.39, 0.29) is 29.7 Å². The molecule has 24 heavy (non-hydrogen) atoms. The van der Waals surface area contributed by atoms with E-state index in [1.54, 1.807) is 17.4 Å². The van der Waals surface area contributed by atoms with Crippen molar-refractivity contribution in [2.75, 3.05) is 13.1 Å². The zero-order chi connectivity index (χ0) is 16.7. The Kier molecular flexibility index (Phi) is 3.92. The summed E-state index contributed by atoms with van der Waals surface area (Å²) in [6.07, 6.45) is 3.33. The lowest BCUT2D eigenvalue weighted by atomic mass is 9.73. The Labute approximate surface area is 144 Å². The first-order valence-corrected chi connectivity index (χ1v) is 9.18. The summed E-state index contributed by atoms with van der Waals surface area (Å²) >= 11 is 1.71. The first kappa shape index (κ1) is 15.4. The highest BCUT2D eigenvalue weighted by molar-refractivity contribution is 7.09. The standard InChI is InChI=1S/C18H20N2O3S/c1-11-5-7-23-16(11)18(22)20-10-12-9-14(20)15(12)17(21)19-6-4-13-3-2-8-24-13/h2-3,5,7-8,12,14-15H,4,6,9-10H2,1H3,(H,19,21)/t12-,14-,15?/m1/s1. The monoisotopic (exact) mass is 344 g/mol. The maximum absolute atomic E-state index is 12.6. The van der Waals surface area contributed by atoms with Crippen LogP contribution in [0.25, 0.3) is 0 Å². The van der Waals surface area contributed by atoms with Crippen molar-refractivity contribution in [1.29, 1.82) is 0 Å². The number of furan rings is 1. The molecule has 1 unspecified atom stereocenters. The van der Waals surface area contributed by atoms with Crippen molar-refractivity contribution in [3.63, 3.8) is 0 Å². The van der Waals surface area contributed by atoms with Crippen LogP contribution in [0.15, 0.2) is 34.3 Å². The van der Waals surface area contributed by atoms with Gasteiger partial charge in [-0.2, -0.15) is 0 Å². The average Bonchev–Trinajstić information content (AvgIpc) is 3.30. The van der Waals surface area contributed by atoms with Crippen LogP contribution in [0.4, 0.5) is 0 Å². The van der Waals surface area contributed by atoms with Crippen LogP contribution in [0.3, 0.4) is 0 Å². The lowest BCUT2D eigenvalue weighted by Crippen LogP contribution is -2.49. The number of amides is 2. The van der Waals surface area contributed by atoms with E-state index in [1.807, 2.05) is 23.3 Å². The molecule has 2 aromatic rings. The normalized spacial score (nSPS) is 24.7. The van der Waals surface area contributed by atoms with Gasteiger partial charge in [0, 0.05) is 29.6 Å². The first-order valence-electron chi connectivity index (χ1n) is 8.30. The van der Waals surface area contributed by atoms with E-state index < -0.39 is 0 Å². The third kappa shape index (κ3) is 2.55. The van der Waals surface area contributed by atoms with E-state index in [1.165, 1.54) is 11.1 Å². The molecule has 0 spiro atoms. The lowest BCUT2D eigenvalue weighted by molar-refractivity contribution is -0.129. The molecule has 2 amide bonds. The second kappa shape index (κ2) is 6.09. The molecule has 2 bridgehead atoms. The Morgan fingerprint density at radius 2 is 2.29 bits per heavy atom. The number of rotatable bonds is 5. The van der Waals surface area contributed by atoms with Crippen molar-refractivity contribution in [3.8, 4) is 0 Å². The number of fused-ring (bicyclic) bond motifs is 1. The van der Waals surface area contributed by atoms with Gasteiger partial charge < -0.3 is 14.6 Å². The Morgan fingerprint density at radius 1 is 1.42 bits per heavy atom. The minimum Gasteiger partial charge on any atom is -0.459 e. The smallest absolute Gasteiger partial charge is 0.290 e. The molecule has 5 nitrogen and oxygen atoms in total. The van der Waals surface area contributed by atoms with Gasteiger partial charge in [-0.1, -0.05) is 6.07 Å². The van der Waals surface area contributed by atoms with E-state index in [2.05, 4.69) is 11.4 Å². The zero-order valence-corrected chi connectivity index (χ0v) is 14.3. The second-order valence-corrected chi connectivity index (χ2v) is 7.63. The number of nitrogens with one attached hydrogen (secondary N) is 1. The topological polar surface area (TPSA) is 62.6 Å². The molecule has 2 aromatic heterocycles. The van der Waals surface area contributed by atoms with Crippen LogP contribution >= 0.6 is 11.3 Å². The molecule has 1 aliphatic carbocycles. The number of carbonyl (C=O) groups is 2. The second-order valence-electron chi connectivity index (χ2n) is 6.60. The van der Waals surface area contributed by atoms with Crippen molar-refractivity contribution >= 4 is 23.2 Å². The van der Waals surface area contributed by atoms with Crippen molar-refractivity contribution in [2.45, 2.75) is 25.8 Å². The number of hydrogen-bond donors (Lipinski definition) is 1. The van der Waals surface area contributed by atoms with Crippen LogP contribution in [0, 0.1) is 18.8 Å². The van der Waals surface area contributed by atoms with Gasteiger partial charge in [0.05, 0.1) is 12.2 Å². The summed E-state index contributed by atoms with van der Waals surface area (Å²) in [6.45, 7) is 3.18. The molecule has 0 radical (unpaired) electrons. The molecular weight excluding hydrogens is 324 g/mol. The molecule has 3 atom stereocenters. The summed E-state index contributed by atoms with van der Waals surface area (Å²) in [5.41, 5.74) is 0.848. The molecule has 126 valence electrons. The fraction of sp³-hybridized carbons (Fsp3) is 0.444. The molecule has 1 N–H and O–H groups in total. The molecule has 0 aromatic carbocycles. The van der Waals surface area contributed by atoms with Crippen LogP contribution in [-0.4, -0.2) is 35.8 Å². The molecule has 3 fully saturated rings. The fourth-order valence-corrected chi connectivity index (χ4v) is 4.55. The van der Waals surface area contributed by atoms with Crippen LogP contribution < -0.4 is 5.32 Å². The number of aryl methyl sites for hydroxylation is 1. The van der Waals surface area contributed by atoms with Crippen molar-refractivity contribution in [1.82, 2.24) is 10.2 Å². The van der Waals surface area contributed by atoms with Gasteiger partial charge in [-0.05, 0) is 43.2 Å². The summed E-state index contributed by atoms with van der Waals surface area (Å²) < 4.78 is 5.32. The minimum absolute atomic E-state index is 0.0220. The molecule has 2 saturated heterocycles. The van der Waals surface area contributed by atoms with Crippen molar-refractivity contribution in [2.24, 2.45) is 11.8 Å². The maximum Gasteiger partial charge on any atom is 0.290 e. The fourth-order valence-electron chi connectivity index (χ4n) is 3.85. The number of hydrogen-bond acceptors (Lipinski definition) is 4. The van der Waals surface area contributed by atoms with E-state index >= 15 is 0 Å². The third-order valence-electron chi connectivity index (χ3n) is 5.17. The summed E-state index contributed by atoms with van der Waals surface area (Å²) in [4.78, 5) is 28.2. The van der Waals surface area contributed by atoms with Gasteiger partial charge in [0.2, 0.25) is 5.91 Å². The van der Waals surface area contributed by atoms with Gasteiger partial charge in [-0.25, -0.2) is 0 Å². The van der Waals surface area contributed by atoms with E-state index in [0.717, 1.165) is 18.4 Å². The molecule has 3 aliphatic rings. The van der Waals surface area contributed by atoms with Crippen LogP contribution in [0.2, 0.25) is 0 Å². The average molecular weight is 344 g/mol. The highest BCUT2D eigenvalue weighted by atomic mass is 32.1. The molecule has 4 heterocycles. The van der Waals surface area contributed by atoms with Crippen molar-refractivity contribution < 1.29 is 14.0 Å². The minimum atomic E-state index is -0.0844. The predicted molar refractivity (Wildman–Crippen MR) is 90.9 cm³/mol. The summed E-state index contributed by atoms with van der Waals surface area (Å²) in [5, 5.41) is 5.08. The van der Waals surface area contributed by atoms with Crippen LogP contribution in [0.5, 0.6) is 0 Å². The number of thiophene rings is 1. The molecule has 1 saturated carbocycles. The van der Waals surface area contributed by atoms with E-state index in [9.17, 15) is 9.59 Å². The van der Waals surface area contributed by atoms with Gasteiger partial charge in [0.1, 0.15) is 0 Å². The van der Waals surface area contributed by atoms with Gasteiger partial charge in [-0.3, -0.25) is 9.59 Å².